The van der Waals surface area contributed by atoms with Crippen LogP contribution in [0.25, 0.3) is 0 Å². The lowest BCUT2D eigenvalue weighted by Crippen LogP contribution is -2.35. The van der Waals surface area contributed by atoms with Gasteiger partial charge in [-0.25, -0.2) is 13.0 Å². The number of piperidine rings is 1. The van der Waals surface area contributed by atoms with E-state index in [2.05, 4.69) is 15.5 Å². The van der Waals surface area contributed by atoms with Gasteiger partial charge in [0.1, 0.15) is 24.3 Å². The van der Waals surface area contributed by atoms with Crippen LogP contribution in [-0.2, 0) is 17.6 Å². The molecule has 0 amide bonds. The van der Waals surface area contributed by atoms with Crippen LogP contribution < -0.4 is 10.2 Å². The van der Waals surface area contributed by atoms with Crippen LogP contribution in [0.15, 0.2) is 55.1 Å². The van der Waals surface area contributed by atoms with Crippen molar-refractivity contribution in [2.24, 2.45) is 0 Å². The minimum Gasteiger partial charge on any atom is -0.369 e. The molecule has 2 heterocycles. The summed E-state index contributed by atoms with van der Waals surface area (Å²) in [6, 6.07) is 12.1. The minimum absolute atomic E-state index is 0.0126. The summed E-state index contributed by atoms with van der Waals surface area (Å²) in [6.07, 6.45) is 6.93. The fourth-order valence-electron chi connectivity index (χ4n) is 4.87. The number of anilines is 1. The van der Waals surface area contributed by atoms with E-state index in [0.717, 1.165) is 24.8 Å². The molecule has 2 N–H and O–H groups in total. The zero-order valence-corrected chi connectivity index (χ0v) is 21.2. The van der Waals surface area contributed by atoms with Gasteiger partial charge in [0.25, 0.3) is 0 Å². The molecule has 0 spiro atoms. The van der Waals surface area contributed by atoms with E-state index >= 15 is 0 Å². The number of nitrogens with zero attached hydrogens (tertiary/aromatic N) is 4. The summed E-state index contributed by atoms with van der Waals surface area (Å²) >= 11 is -1.99. The maximum Gasteiger partial charge on any atom is 0.160 e. The molecule has 2 aromatic carbocycles. The van der Waals surface area contributed by atoms with Gasteiger partial charge in [-0.05, 0) is 43.7 Å². The smallest absolute Gasteiger partial charge is 0.160 e. The first-order valence-electron chi connectivity index (χ1n) is 12.4. The van der Waals surface area contributed by atoms with Crippen molar-refractivity contribution >= 4 is 16.8 Å². The zero-order valence-electron chi connectivity index (χ0n) is 20.4. The monoisotopic (exact) mass is 517 g/mol. The second kappa shape index (κ2) is 12.5. The number of nitrogens with one attached hydrogen (secondary N) is 1. The lowest BCUT2D eigenvalue weighted by molar-refractivity contribution is 0.392. The Balaban J connectivity index is 1.33. The lowest BCUT2D eigenvalue weighted by Gasteiger charge is -2.34. The van der Waals surface area contributed by atoms with Crippen LogP contribution in [0, 0.1) is 11.6 Å². The summed E-state index contributed by atoms with van der Waals surface area (Å²) in [5, 5.41) is 10.5. The molecule has 3 atom stereocenters. The molecule has 1 aliphatic heterocycles. The van der Waals surface area contributed by atoms with Crippen LogP contribution in [0.1, 0.15) is 61.4 Å². The molecule has 1 aromatic heterocycles. The molecule has 0 aliphatic carbocycles. The summed E-state index contributed by atoms with van der Waals surface area (Å²) in [5.41, 5.74) is 1.39. The van der Waals surface area contributed by atoms with Gasteiger partial charge >= 0.3 is 0 Å². The Kier molecular flexibility index (Phi) is 9.17. The average Bonchev–Trinajstić information content (AvgIpc) is 3.43. The van der Waals surface area contributed by atoms with E-state index in [1.165, 1.54) is 12.1 Å². The molecule has 7 nitrogen and oxygen atoms in total. The van der Waals surface area contributed by atoms with Crippen LogP contribution in [-0.4, -0.2) is 42.7 Å². The molecular weight excluding hydrogens is 484 g/mol. The Bertz CT molecular complexity index is 1120. The summed E-state index contributed by atoms with van der Waals surface area (Å²) < 4.78 is 53.6. The van der Waals surface area contributed by atoms with Crippen LogP contribution in [0.3, 0.4) is 0 Å². The third kappa shape index (κ3) is 6.54. The van der Waals surface area contributed by atoms with Crippen molar-refractivity contribution in [1.29, 1.82) is 0 Å². The van der Waals surface area contributed by atoms with Gasteiger partial charge in [0.05, 0.1) is 10.9 Å². The van der Waals surface area contributed by atoms with E-state index < -0.39 is 28.0 Å². The number of hydrogen-bond donors (Lipinski definition) is 2. The Morgan fingerprint density at radius 3 is 2.42 bits per heavy atom. The highest BCUT2D eigenvalue weighted by molar-refractivity contribution is 7.79. The number of benzene rings is 2. The Morgan fingerprint density at radius 1 is 1.08 bits per heavy atom. The van der Waals surface area contributed by atoms with Gasteiger partial charge in [-0.3, -0.25) is 0 Å². The molecule has 0 saturated carbocycles. The summed E-state index contributed by atoms with van der Waals surface area (Å²) in [4.78, 5) is 1.89. The second-order valence-electron chi connectivity index (χ2n) is 9.26. The van der Waals surface area contributed by atoms with Crippen LogP contribution >= 0.6 is 0 Å². The van der Waals surface area contributed by atoms with Crippen molar-refractivity contribution in [2.45, 2.75) is 62.9 Å². The molecule has 0 bridgehead atoms. The number of hydrogen-bond acceptors (Lipinski definition) is 5. The van der Waals surface area contributed by atoms with Crippen molar-refractivity contribution in [1.82, 2.24) is 20.1 Å². The summed E-state index contributed by atoms with van der Waals surface area (Å²) in [6.45, 7) is 3.46. The number of halogens is 2. The van der Waals surface area contributed by atoms with Gasteiger partial charge in [0, 0.05) is 43.3 Å². The predicted octanol–water partition coefficient (Wildman–Crippen LogP) is 5.01. The molecular formula is C26H33F2N5O2S. The Morgan fingerprint density at radius 2 is 1.78 bits per heavy atom. The van der Waals surface area contributed by atoms with E-state index in [1.54, 1.807) is 12.7 Å². The standard InChI is InChI=1S/C26H33F2N5O2S/c1-2-21(8-9-26(36(34)35)19-6-4-3-5-7-19)29-16-20-14-24(28)25(15-23(20)27)32-12-10-22(11-13-32)33-17-30-31-18-33/h3-7,14-15,17-18,21-22,26,29H,2,8-13,16H2,1H3,(H,34,35)/t21-,26+/m0/s1. The highest BCUT2D eigenvalue weighted by Crippen LogP contribution is 2.30. The van der Waals surface area contributed by atoms with Crippen LogP contribution in [0.2, 0.25) is 0 Å². The maximum absolute atomic E-state index is 15.0. The maximum atomic E-state index is 15.0. The van der Waals surface area contributed by atoms with Gasteiger partial charge in [0.15, 0.2) is 11.1 Å². The van der Waals surface area contributed by atoms with Gasteiger partial charge in [-0.2, -0.15) is 0 Å². The first-order valence-corrected chi connectivity index (χ1v) is 13.6. The molecule has 10 heteroatoms. The predicted molar refractivity (Wildman–Crippen MR) is 137 cm³/mol. The fourth-order valence-corrected chi connectivity index (χ4v) is 5.59. The number of rotatable bonds is 11. The van der Waals surface area contributed by atoms with E-state index in [-0.39, 0.29) is 24.2 Å². The molecule has 1 unspecified atom stereocenters. The highest BCUT2D eigenvalue weighted by atomic mass is 32.2. The molecule has 1 fully saturated rings. The SMILES string of the molecule is CC[C@@H](CC[C@H](c1ccccc1)S(=O)O)NCc1cc(F)c(N2CCC(n3cnnc3)CC2)cc1F. The largest absolute Gasteiger partial charge is 0.369 e. The molecule has 1 aliphatic rings. The quantitative estimate of drug-likeness (QED) is 0.348. The normalized spacial score (nSPS) is 17.2. The minimum atomic E-state index is -1.99. The third-order valence-corrected chi connectivity index (χ3v) is 8.04. The van der Waals surface area contributed by atoms with Gasteiger partial charge < -0.3 is 19.3 Å². The zero-order chi connectivity index (χ0) is 25.5. The summed E-state index contributed by atoms with van der Waals surface area (Å²) in [7, 11) is 0. The Hall–Kier alpha value is -2.69. The van der Waals surface area contributed by atoms with E-state index in [9.17, 15) is 17.5 Å². The molecule has 4 rings (SSSR count). The molecule has 194 valence electrons. The van der Waals surface area contributed by atoms with Crippen molar-refractivity contribution in [3.8, 4) is 0 Å². The molecule has 3 aromatic rings. The van der Waals surface area contributed by atoms with E-state index in [4.69, 9.17) is 0 Å². The second-order valence-corrected chi connectivity index (χ2v) is 10.4. The first kappa shape index (κ1) is 26.4. The van der Waals surface area contributed by atoms with Crippen LogP contribution in [0.4, 0.5) is 14.5 Å². The van der Waals surface area contributed by atoms with E-state index in [1.807, 2.05) is 46.7 Å². The lowest BCUT2D eigenvalue weighted by atomic mass is 10.0. The van der Waals surface area contributed by atoms with Gasteiger partial charge in [-0.1, -0.05) is 37.3 Å². The number of aromatic nitrogens is 3. The molecule has 1 saturated heterocycles. The molecule has 36 heavy (non-hydrogen) atoms. The van der Waals surface area contributed by atoms with Crippen molar-refractivity contribution in [2.75, 3.05) is 18.0 Å². The van der Waals surface area contributed by atoms with Crippen molar-refractivity contribution in [3.63, 3.8) is 0 Å². The van der Waals surface area contributed by atoms with E-state index in [0.29, 0.717) is 31.6 Å². The topological polar surface area (TPSA) is 83.3 Å². The van der Waals surface area contributed by atoms with Crippen LogP contribution in [0.5, 0.6) is 0 Å². The first-order chi connectivity index (χ1) is 17.5. The van der Waals surface area contributed by atoms with Gasteiger partial charge in [-0.15, -0.1) is 10.2 Å². The Labute approximate surface area is 213 Å². The van der Waals surface area contributed by atoms with Gasteiger partial charge in [0.2, 0.25) is 0 Å². The van der Waals surface area contributed by atoms with Crippen molar-refractivity contribution in [3.05, 3.63) is 77.9 Å². The molecule has 0 radical (unpaired) electrons. The highest BCUT2D eigenvalue weighted by Gasteiger charge is 2.24. The van der Waals surface area contributed by atoms with Crippen molar-refractivity contribution < 1.29 is 17.5 Å². The summed E-state index contributed by atoms with van der Waals surface area (Å²) in [5.74, 6) is -0.864. The fraction of sp³-hybridized carbons (Fsp3) is 0.462. The average molecular weight is 518 g/mol. The third-order valence-electron chi connectivity index (χ3n) is 7.05.